The van der Waals surface area contributed by atoms with Gasteiger partial charge in [0, 0.05) is 16.5 Å². The van der Waals surface area contributed by atoms with Crippen molar-refractivity contribution in [3.8, 4) is 17.2 Å². The van der Waals surface area contributed by atoms with Crippen LogP contribution in [0.1, 0.15) is 17.3 Å². The van der Waals surface area contributed by atoms with E-state index in [9.17, 15) is 19.9 Å². The van der Waals surface area contributed by atoms with Crippen molar-refractivity contribution < 1.29 is 19.7 Å². The number of carbonyl (C=O) groups is 1. The highest BCUT2D eigenvalue weighted by atomic mass is 16.5. The standard InChI is InChI=1S/C19H16N2O5/c1-2-26-12-9-7-11(8-10-12)20-19(24)15-16(21-25)18(23)14-6-4-3-5-13(14)17(15)22/h3-10,22-23H,2H2,1H3,(H,20,24). The molecule has 3 rings (SSSR count). The van der Waals surface area contributed by atoms with Gasteiger partial charge in [0.2, 0.25) is 0 Å². The molecule has 0 aliphatic rings. The van der Waals surface area contributed by atoms with Crippen LogP contribution in [0.4, 0.5) is 11.4 Å². The molecule has 3 aromatic carbocycles. The van der Waals surface area contributed by atoms with E-state index in [1.807, 2.05) is 6.92 Å². The van der Waals surface area contributed by atoms with E-state index in [0.29, 0.717) is 18.0 Å². The minimum Gasteiger partial charge on any atom is -0.506 e. The Morgan fingerprint density at radius 3 is 2.23 bits per heavy atom. The van der Waals surface area contributed by atoms with Crippen LogP contribution in [0.15, 0.2) is 53.7 Å². The number of fused-ring (bicyclic) bond motifs is 1. The monoisotopic (exact) mass is 352 g/mol. The molecule has 0 unspecified atom stereocenters. The van der Waals surface area contributed by atoms with Gasteiger partial charge < -0.3 is 20.3 Å². The summed E-state index contributed by atoms with van der Waals surface area (Å²) in [5, 5.41) is 26.5. The molecule has 0 saturated carbocycles. The lowest BCUT2D eigenvalue weighted by Gasteiger charge is -2.13. The van der Waals surface area contributed by atoms with Crippen molar-refractivity contribution in [2.75, 3.05) is 11.9 Å². The largest absolute Gasteiger partial charge is 0.506 e. The number of rotatable bonds is 5. The minimum absolute atomic E-state index is 0.234. The Bertz CT molecular complexity index is 983. The maximum absolute atomic E-state index is 12.6. The van der Waals surface area contributed by atoms with Crippen molar-refractivity contribution in [2.45, 2.75) is 6.92 Å². The van der Waals surface area contributed by atoms with Gasteiger partial charge in [0.05, 0.1) is 6.61 Å². The van der Waals surface area contributed by atoms with Crippen LogP contribution in [0.3, 0.4) is 0 Å². The van der Waals surface area contributed by atoms with E-state index in [1.54, 1.807) is 36.4 Å². The number of hydrogen-bond acceptors (Lipinski definition) is 6. The van der Waals surface area contributed by atoms with Gasteiger partial charge in [-0.2, -0.15) is 0 Å². The predicted molar refractivity (Wildman–Crippen MR) is 98.3 cm³/mol. The molecule has 0 atom stereocenters. The van der Waals surface area contributed by atoms with Crippen molar-refractivity contribution in [2.24, 2.45) is 5.18 Å². The molecule has 26 heavy (non-hydrogen) atoms. The summed E-state index contributed by atoms with van der Waals surface area (Å²) in [5.41, 5.74) is -0.461. The second kappa shape index (κ2) is 7.10. The van der Waals surface area contributed by atoms with Crippen molar-refractivity contribution in [3.63, 3.8) is 0 Å². The molecule has 0 bridgehead atoms. The van der Waals surface area contributed by atoms with Gasteiger partial charge in [-0.1, -0.05) is 24.3 Å². The average molecular weight is 352 g/mol. The van der Waals surface area contributed by atoms with Crippen LogP contribution in [-0.4, -0.2) is 22.7 Å². The number of carbonyl (C=O) groups excluding carboxylic acids is 1. The van der Waals surface area contributed by atoms with Crippen LogP contribution < -0.4 is 10.1 Å². The molecule has 0 fully saturated rings. The molecule has 0 heterocycles. The number of ether oxygens (including phenoxy) is 1. The SMILES string of the molecule is CCOc1ccc(NC(=O)c2c(N=O)c(O)c3ccccc3c2O)cc1. The van der Waals surface area contributed by atoms with E-state index in [2.05, 4.69) is 10.5 Å². The maximum Gasteiger partial charge on any atom is 0.261 e. The highest BCUT2D eigenvalue weighted by Gasteiger charge is 2.25. The van der Waals surface area contributed by atoms with Crippen LogP contribution in [0.2, 0.25) is 0 Å². The molecule has 7 heteroatoms. The van der Waals surface area contributed by atoms with Gasteiger partial charge in [0.15, 0.2) is 11.4 Å². The summed E-state index contributed by atoms with van der Waals surface area (Å²) < 4.78 is 5.33. The molecule has 0 aliphatic heterocycles. The first kappa shape index (κ1) is 17.2. The number of phenols is 2. The molecule has 3 aromatic rings. The quantitative estimate of drug-likeness (QED) is 0.469. The van der Waals surface area contributed by atoms with Crippen molar-refractivity contribution >= 4 is 28.1 Å². The Morgan fingerprint density at radius 1 is 1.04 bits per heavy atom. The van der Waals surface area contributed by atoms with E-state index in [4.69, 9.17) is 4.74 Å². The Labute approximate surface area is 148 Å². The third-order valence-corrected chi connectivity index (χ3v) is 3.88. The first-order chi connectivity index (χ1) is 12.6. The molecule has 0 saturated heterocycles. The smallest absolute Gasteiger partial charge is 0.261 e. The fraction of sp³-hybridized carbons (Fsp3) is 0.105. The first-order valence-corrected chi connectivity index (χ1v) is 7.91. The molecular formula is C19H16N2O5. The van der Waals surface area contributed by atoms with Gasteiger partial charge in [0.1, 0.15) is 17.1 Å². The summed E-state index contributed by atoms with van der Waals surface area (Å²) in [4.78, 5) is 23.8. The van der Waals surface area contributed by atoms with Crippen LogP contribution >= 0.6 is 0 Å². The van der Waals surface area contributed by atoms with E-state index < -0.39 is 23.1 Å². The summed E-state index contributed by atoms with van der Waals surface area (Å²) in [6.45, 7) is 2.38. The van der Waals surface area contributed by atoms with Crippen molar-refractivity contribution in [3.05, 3.63) is 59.0 Å². The zero-order valence-electron chi connectivity index (χ0n) is 13.9. The highest BCUT2D eigenvalue weighted by Crippen LogP contribution is 2.44. The molecule has 7 nitrogen and oxygen atoms in total. The van der Waals surface area contributed by atoms with E-state index in [0.717, 1.165) is 0 Å². The van der Waals surface area contributed by atoms with E-state index in [-0.39, 0.29) is 16.3 Å². The Morgan fingerprint density at radius 2 is 1.65 bits per heavy atom. The lowest BCUT2D eigenvalue weighted by Crippen LogP contribution is -2.12. The lowest BCUT2D eigenvalue weighted by atomic mass is 10.0. The summed E-state index contributed by atoms with van der Waals surface area (Å²) in [7, 11) is 0. The number of nitrogens with one attached hydrogen (secondary N) is 1. The zero-order chi connectivity index (χ0) is 18.7. The molecular weight excluding hydrogens is 336 g/mol. The topological polar surface area (TPSA) is 108 Å². The van der Waals surface area contributed by atoms with Gasteiger partial charge in [-0.15, -0.1) is 4.91 Å². The summed E-state index contributed by atoms with van der Waals surface area (Å²) in [6, 6.07) is 12.9. The van der Waals surface area contributed by atoms with Gasteiger partial charge in [0.25, 0.3) is 5.91 Å². The molecule has 132 valence electrons. The van der Waals surface area contributed by atoms with Gasteiger partial charge in [-0.05, 0) is 36.4 Å². The Balaban J connectivity index is 2.02. The number of benzene rings is 3. The second-order valence-corrected chi connectivity index (χ2v) is 5.47. The summed E-state index contributed by atoms with van der Waals surface area (Å²) in [5.74, 6) is -0.990. The molecule has 0 aliphatic carbocycles. The second-order valence-electron chi connectivity index (χ2n) is 5.47. The van der Waals surface area contributed by atoms with Crippen molar-refractivity contribution in [1.82, 2.24) is 0 Å². The lowest BCUT2D eigenvalue weighted by molar-refractivity contribution is 0.102. The minimum atomic E-state index is -0.762. The third kappa shape index (κ3) is 3.02. The maximum atomic E-state index is 12.6. The zero-order valence-corrected chi connectivity index (χ0v) is 13.9. The molecule has 0 aromatic heterocycles. The van der Waals surface area contributed by atoms with Crippen LogP contribution in [-0.2, 0) is 0 Å². The number of hydrogen-bond donors (Lipinski definition) is 3. The summed E-state index contributed by atoms with van der Waals surface area (Å²) in [6.07, 6.45) is 0. The summed E-state index contributed by atoms with van der Waals surface area (Å²) >= 11 is 0. The first-order valence-electron chi connectivity index (χ1n) is 7.91. The fourth-order valence-corrected chi connectivity index (χ4v) is 2.69. The Hall–Kier alpha value is -3.61. The van der Waals surface area contributed by atoms with Gasteiger partial charge >= 0.3 is 0 Å². The molecule has 1 amide bonds. The van der Waals surface area contributed by atoms with Gasteiger partial charge in [-0.3, -0.25) is 4.79 Å². The third-order valence-electron chi connectivity index (χ3n) is 3.88. The normalized spacial score (nSPS) is 10.5. The van der Waals surface area contributed by atoms with Crippen LogP contribution in [0, 0.1) is 4.91 Å². The van der Waals surface area contributed by atoms with Crippen molar-refractivity contribution in [1.29, 1.82) is 0 Å². The fourth-order valence-electron chi connectivity index (χ4n) is 2.69. The number of phenolic OH excluding ortho intramolecular Hbond substituents is 2. The molecule has 0 spiro atoms. The average Bonchev–Trinajstić information content (AvgIpc) is 2.66. The number of aromatic hydroxyl groups is 2. The Kier molecular flexibility index (Phi) is 4.70. The van der Waals surface area contributed by atoms with Gasteiger partial charge in [-0.25, -0.2) is 0 Å². The number of anilines is 1. The number of amides is 1. The number of nitroso groups, excluding NO2 is 1. The molecule has 3 N–H and O–H groups in total. The van der Waals surface area contributed by atoms with E-state index >= 15 is 0 Å². The predicted octanol–water partition coefficient (Wildman–Crippen LogP) is 4.30. The molecule has 0 radical (unpaired) electrons. The van der Waals surface area contributed by atoms with E-state index in [1.165, 1.54) is 12.1 Å². The van der Waals surface area contributed by atoms with Crippen LogP contribution in [0.25, 0.3) is 10.8 Å². The highest BCUT2D eigenvalue weighted by molar-refractivity contribution is 6.15. The van der Waals surface area contributed by atoms with Crippen LogP contribution in [0.5, 0.6) is 17.2 Å². The number of nitrogens with zero attached hydrogens (tertiary/aromatic N) is 1.